The van der Waals surface area contributed by atoms with Crippen LogP contribution in [0.3, 0.4) is 0 Å². The lowest BCUT2D eigenvalue weighted by Gasteiger charge is -2.06. The molecule has 0 saturated carbocycles. The van der Waals surface area contributed by atoms with Gasteiger partial charge in [-0.25, -0.2) is 4.39 Å². The lowest BCUT2D eigenvalue weighted by molar-refractivity contribution is 0.102. The second kappa shape index (κ2) is 5.45. The maximum atomic E-state index is 13.5. The van der Waals surface area contributed by atoms with E-state index in [1.165, 1.54) is 12.3 Å². The molecule has 3 aromatic rings. The number of amides is 1. The van der Waals surface area contributed by atoms with Crippen molar-refractivity contribution in [3.05, 3.63) is 54.1 Å². The van der Waals surface area contributed by atoms with Gasteiger partial charge in [-0.1, -0.05) is 12.1 Å². The Morgan fingerprint density at radius 3 is 2.95 bits per heavy atom. The summed E-state index contributed by atoms with van der Waals surface area (Å²) < 4.78 is 13.5. The van der Waals surface area contributed by atoms with E-state index in [0.717, 1.165) is 6.20 Å². The second-order valence-electron chi connectivity index (χ2n) is 4.13. The number of pyridine rings is 1. The van der Waals surface area contributed by atoms with Crippen LogP contribution in [0, 0.1) is 5.82 Å². The van der Waals surface area contributed by atoms with Crippen LogP contribution in [0.2, 0.25) is 0 Å². The lowest BCUT2D eigenvalue weighted by atomic mass is 10.2. The molecule has 0 fully saturated rings. The summed E-state index contributed by atoms with van der Waals surface area (Å²) in [6, 6.07) is 8.16. The van der Waals surface area contributed by atoms with Crippen molar-refractivity contribution in [2.75, 3.05) is 5.32 Å². The molecule has 2 aromatic heterocycles. The number of aromatic nitrogens is 5. The number of benzene rings is 1. The predicted molar refractivity (Wildman–Crippen MR) is 71.8 cm³/mol. The van der Waals surface area contributed by atoms with Gasteiger partial charge in [0.15, 0.2) is 5.82 Å². The SMILES string of the molecule is O=C(Nc1cccc(-c2nn[nH]n2)c1)c1ccncc1F. The quantitative estimate of drug-likeness (QED) is 0.762. The molecule has 0 bridgehead atoms. The highest BCUT2D eigenvalue weighted by Gasteiger charge is 2.12. The van der Waals surface area contributed by atoms with Crippen molar-refractivity contribution in [2.45, 2.75) is 0 Å². The molecule has 8 heteroatoms. The topological polar surface area (TPSA) is 96.5 Å². The van der Waals surface area contributed by atoms with Crippen molar-refractivity contribution < 1.29 is 9.18 Å². The normalized spacial score (nSPS) is 10.3. The van der Waals surface area contributed by atoms with Crippen LogP contribution in [-0.4, -0.2) is 31.5 Å². The van der Waals surface area contributed by atoms with E-state index in [-0.39, 0.29) is 5.56 Å². The van der Waals surface area contributed by atoms with E-state index in [9.17, 15) is 9.18 Å². The Labute approximate surface area is 118 Å². The first-order valence-corrected chi connectivity index (χ1v) is 5.99. The van der Waals surface area contributed by atoms with Crippen LogP contribution in [0.1, 0.15) is 10.4 Å². The molecule has 0 radical (unpaired) electrons. The fourth-order valence-electron chi connectivity index (χ4n) is 1.78. The highest BCUT2D eigenvalue weighted by molar-refractivity contribution is 6.04. The van der Waals surface area contributed by atoms with Crippen LogP contribution in [0.15, 0.2) is 42.7 Å². The Morgan fingerprint density at radius 2 is 2.19 bits per heavy atom. The summed E-state index contributed by atoms with van der Waals surface area (Å²) in [7, 11) is 0. The maximum Gasteiger partial charge on any atom is 0.258 e. The number of anilines is 1. The highest BCUT2D eigenvalue weighted by atomic mass is 19.1. The van der Waals surface area contributed by atoms with E-state index in [1.54, 1.807) is 24.3 Å². The summed E-state index contributed by atoms with van der Waals surface area (Å²) in [4.78, 5) is 15.6. The molecule has 2 N–H and O–H groups in total. The number of rotatable bonds is 3. The molecule has 21 heavy (non-hydrogen) atoms. The van der Waals surface area contributed by atoms with Gasteiger partial charge in [-0.05, 0) is 23.4 Å². The van der Waals surface area contributed by atoms with Gasteiger partial charge in [0.1, 0.15) is 0 Å². The summed E-state index contributed by atoms with van der Waals surface area (Å²) in [6.07, 6.45) is 2.35. The van der Waals surface area contributed by atoms with E-state index < -0.39 is 11.7 Å². The van der Waals surface area contributed by atoms with Crippen molar-refractivity contribution in [2.24, 2.45) is 0 Å². The Bertz CT molecular complexity index is 774. The summed E-state index contributed by atoms with van der Waals surface area (Å²) in [5, 5.41) is 16.1. The average Bonchev–Trinajstić information content (AvgIpc) is 3.02. The molecule has 7 nitrogen and oxygen atoms in total. The van der Waals surface area contributed by atoms with E-state index >= 15 is 0 Å². The number of tetrazole rings is 1. The molecule has 0 spiro atoms. The minimum Gasteiger partial charge on any atom is -0.322 e. The third-order valence-electron chi connectivity index (χ3n) is 2.74. The Kier molecular flexibility index (Phi) is 3.34. The summed E-state index contributed by atoms with van der Waals surface area (Å²) in [6.45, 7) is 0. The number of carbonyl (C=O) groups excluding carboxylic acids is 1. The summed E-state index contributed by atoms with van der Waals surface area (Å²) in [5.41, 5.74) is 1.10. The van der Waals surface area contributed by atoms with Crippen molar-refractivity contribution in [3.63, 3.8) is 0 Å². The fraction of sp³-hybridized carbons (Fsp3) is 0. The zero-order valence-corrected chi connectivity index (χ0v) is 10.6. The molecule has 0 aliphatic heterocycles. The van der Waals surface area contributed by atoms with Gasteiger partial charge >= 0.3 is 0 Å². The molecule has 0 atom stereocenters. The lowest BCUT2D eigenvalue weighted by Crippen LogP contribution is -2.13. The maximum absolute atomic E-state index is 13.5. The third-order valence-corrected chi connectivity index (χ3v) is 2.74. The Hall–Kier alpha value is -3.16. The number of nitrogens with one attached hydrogen (secondary N) is 2. The van der Waals surface area contributed by atoms with Crippen LogP contribution in [-0.2, 0) is 0 Å². The second-order valence-corrected chi connectivity index (χ2v) is 4.13. The molecular weight excluding hydrogens is 275 g/mol. The molecule has 1 amide bonds. The first-order chi connectivity index (χ1) is 10.2. The molecule has 0 saturated heterocycles. The molecule has 0 unspecified atom stereocenters. The summed E-state index contributed by atoms with van der Waals surface area (Å²) in [5.74, 6) is -0.828. The fourth-order valence-corrected chi connectivity index (χ4v) is 1.78. The number of hydrogen-bond acceptors (Lipinski definition) is 5. The van der Waals surface area contributed by atoms with Gasteiger partial charge in [-0.3, -0.25) is 9.78 Å². The van der Waals surface area contributed by atoms with Crippen molar-refractivity contribution in [1.29, 1.82) is 0 Å². The van der Waals surface area contributed by atoms with Gasteiger partial charge < -0.3 is 5.32 Å². The molecule has 0 aliphatic carbocycles. The van der Waals surface area contributed by atoms with Crippen LogP contribution < -0.4 is 5.32 Å². The van der Waals surface area contributed by atoms with Crippen LogP contribution in [0.25, 0.3) is 11.4 Å². The van der Waals surface area contributed by atoms with Crippen LogP contribution >= 0.6 is 0 Å². The molecule has 1 aromatic carbocycles. The minimum atomic E-state index is -0.677. The van der Waals surface area contributed by atoms with Gasteiger partial charge in [-0.15, -0.1) is 10.2 Å². The van der Waals surface area contributed by atoms with Gasteiger partial charge in [0.05, 0.1) is 11.8 Å². The van der Waals surface area contributed by atoms with Gasteiger partial charge in [0, 0.05) is 17.4 Å². The Balaban J connectivity index is 1.84. The van der Waals surface area contributed by atoms with Crippen molar-refractivity contribution >= 4 is 11.6 Å². The molecule has 3 rings (SSSR count). The monoisotopic (exact) mass is 284 g/mol. The first kappa shape index (κ1) is 12.9. The van der Waals surface area contributed by atoms with E-state index in [2.05, 4.69) is 30.9 Å². The zero-order chi connectivity index (χ0) is 14.7. The predicted octanol–water partition coefficient (Wildman–Crippen LogP) is 1.65. The number of nitrogens with zero attached hydrogens (tertiary/aromatic N) is 4. The smallest absolute Gasteiger partial charge is 0.258 e. The number of carbonyl (C=O) groups is 1. The third kappa shape index (κ3) is 2.73. The molecule has 104 valence electrons. The van der Waals surface area contributed by atoms with Gasteiger partial charge in [-0.2, -0.15) is 5.21 Å². The summed E-state index contributed by atoms with van der Waals surface area (Å²) >= 11 is 0. The number of hydrogen-bond donors (Lipinski definition) is 2. The van der Waals surface area contributed by atoms with E-state index in [0.29, 0.717) is 17.1 Å². The van der Waals surface area contributed by atoms with Crippen molar-refractivity contribution in [1.82, 2.24) is 25.6 Å². The first-order valence-electron chi connectivity index (χ1n) is 5.99. The molecular formula is C13H9FN6O. The van der Waals surface area contributed by atoms with Gasteiger partial charge in [0.2, 0.25) is 5.82 Å². The van der Waals surface area contributed by atoms with Crippen molar-refractivity contribution in [3.8, 4) is 11.4 Å². The standard InChI is InChI=1S/C13H9FN6O/c14-11-7-15-5-4-10(11)13(21)16-9-3-1-2-8(6-9)12-17-19-20-18-12/h1-7H,(H,16,21)(H,17,18,19,20). The number of H-pyrrole nitrogens is 1. The highest BCUT2D eigenvalue weighted by Crippen LogP contribution is 2.19. The largest absolute Gasteiger partial charge is 0.322 e. The average molecular weight is 284 g/mol. The van der Waals surface area contributed by atoms with Crippen LogP contribution in [0.4, 0.5) is 10.1 Å². The zero-order valence-electron chi connectivity index (χ0n) is 10.6. The molecule has 2 heterocycles. The van der Waals surface area contributed by atoms with Crippen LogP contribution in [0.5, 0.6) is 0 Å². The number of aromatic amines is 1. The minimum absolute atomic E-state index is 0.0741. The van der Waals surface area contributed by atoms with Gasteiger partial charge in [0.25, 0.3) is 5.91 Å². The Morgan fingerprint density at radius 1 is 1.29 bits per heavy atom. The van der Waals surface area contributed by atoms with E-state index in [4.69, 9.17) is 0 Å². The molecule has 0 aliphatic rings. The van der Waals surface area contributed by atoms with E-state index in [1.807, 2.05) is 0 Å². The number of halogens is 1.